The minimum absolute atomic E-state index is 0.198. The molecule has 1 fully saturated rings. The van der Waals surface area contributed by atoms with Gasteiger partial charge >= 0.3 is 6.18 Å². The molecule has 0 saturated carbocycles. The van der Waals surface area contributed by atoms with Crippen molar-refractivity contribution in [1.82, 2.24) is 14.5 Å². The lowest BCUT2D eigenvalue weighted by atomic mass is 10.0. The summed E-state index contributed by atoms with van der Waals surface area (Å²) in [7, 11) is 0. The van der Waals surface area contributed by atoms with E-state index in [1.807, 2.05) is 15.7 Å². The van der Waals surface area contributed by atoms with Gasteiger partial charge in [0.15, 0.2) is 0 Å². The number of rotatable bonds is 4. The lowest BCUT2D eigenvalue weighted by Crippen LogP contribution is -2.28. The molecule has 2 heterocycles. The number of halogens is 3. The van der Waals surface area contributed by atoms with Gasteiger partial charge in [-0.15, -0.1) is 0 Å². The zero-order valence-corrected chi connectivity index (χ0v) is 12.4. The van der Waals surface area contributed by atoms with Gasteiger partial charge in [-0.25, -0.2) is 4.98 Å². The van der Waals surface area contributed by atoms with Gasteiger partial charge in [-0.05, 0) is 24.1 Å². The summed E-state index contributed by atoms with van der Waals surface area (Å²) in [5.41, 5.74) is -0.0482. The summed E-state index contributed by atoms with van der Waals surface area (Å²) in [6.45, 7) is 1.80. The molecule has 1 aromatic heterocycles. The first-order chi connectivity index (χ1) is 10.9. The van der Waals surface area contributed by atoms with E-state index in [4.69, 9.17) is 0 Å². The summed E-state index contributed by atoms with van der Waals surface area (Å²) < 4.78 is 40.6. The molecule has 0 bridgehead atoms. The third kappa shape index (κ3) is 3.73. The van der Waals surface area contributed by atoms with Crippen molar-refractivity contribution in [3.8, 4) is 0 Å². The van der Waals surface area contributed by atoms with Crippen LogP contribution in [0.1, 0.15) is 23.6 Å². The smallest absolute Gasteiger partial charge is 0.392 e. The zero-order valence-electron chi connectivity index (χ0n) is 12.4. The van der Waals surface area contributed by atoms with Crippen LogP contribution < -0.4 is 0 Å². The van der Waals surface area contributed by atoms with Crippen LogP contribution >= 0.6 is 0 Å². The van der Waals surface area contributed by atoms with E-state index in [0.29, 0.717) is 31.6 Å². The van der Waals surface area contributed by atoms with Crippen LogP contribution in [0.2, 0.25) is 0 Å². The van der Waals surface area contributed by atoms with E-state index in [9.17, 15) is 18.3 Å². The Morgan fingerprint density at radius 3 is 2.78 bits per heavy atom. The van der Waals surface area contributed by atoms with Gasteiger partial charge in [-0.1, -0.05) is 12.1 Å². The van der Waals surface area contributed by atoms with E-state index >= 15 is 0 Å². The number of benzene rings is 1. The number of likely N-dealkylation sites (tertiary alicyclic amines) is 1. The molecular formula is C16H18F3N3O. The molecule has 0 amide bonds. The molecule has 1 saturated heterocycles. The molecule has 7 heteroatoms. The number of aliphatic hydroxyl groups is 1. The summed E-state index contributed by atoms with van der Waals surface area (Å²) in [6, 6.07) is 5.19. The maximum absolute atomic E-state index is 12.9. The lowest BCUT2D eigenvalue weighted by Gasteiger charge is -2.25. The molecule has 4 nitrogen and oxygen atoms in total. The molecule has 3 rings (SSSR count). The lowest BCUT2D eigenvalue weighted by molar-refractivity contribution is -0.137. The Hall–Kier alpha value is -1.86. The highest BCUT2D eigenvalue weighted by Crippen LogP contribution is 2.36. The molecule has 23 heavy (non-hydrogen) atoms. The first-order valence-electron chi connectivity index (χ1n) is 7.48. The fraction of sp³-hybridized carbons (Fsp3) is 0.438. The van der Waals surface area contributed by atoms with Gasteiger partial charge in [0.05, 0.1) is 18.0 Å². The van der Waals surface area contributed by atoms with Gasteiger partial charge in [0.1, 0.15) is 0 Å². The maximum Gasteiger partial charge on any atom is 0.416 e. The van der Waals surface area contributed by atoms with Crippen LogP contribution in [0.4, 0.5) is 13.2 Å². The Morgan fingerprint density at radius 2 is 2.09 bits per heavy atom. The van der Waals surface area contributed by atoms with Crippen LogP contribution in [0.15, 0.2) is 43.0 Å². The Bertz CT molecular complexity index is 642. The number of imidazole rings is 1. The largest absolute Gasteiger partial charge is 0.416 e. The number of β-amino-alcohol motifs (C(OH)–C–C–N with tert-alkyl or cyclic N) is 1. The topological polar surface area (TPSA) is 41.3 Å². The van der Waals surface area contributed by atoms with Crippen LogP contribution in [0, 0.1) is 0 Å². The molecule has 1 aliphatic heterocycles. The highest BCUT2D eigenvalue weighted by atomic mass is 19.4. The van der Waals surface area contributed by atoms with Crippen LogP contribution in [0.3, 0.4) is 0 Å². The first-order valence-corrected chi connectivity index (χ1v) is 7.48. The number of aromatic nitrogens is 2. The summed E-state index contributed by atoms with van der Waals surface area (Å²) in [5.74, 6) is 0. The molecule has 1 N–H and O–H groups in total. The molecule has 1 aliphatic rings. The predicted octanol–water partition coefficient (Wildman–Crippen LogP) is 2.71. The Kier molecular flexibility index (Phi) is 4.41. The molecule has 2 atom stereocenters. The summed E-state index contributed by atoms with van der Waals surface area (Å²) in [4.78, 5) is 6.00. The second-order valence-electron chi connectivity index (χ2n) is 5.82. The third-order valence-electron chi connectivity index (χ3n) is 4.18. The van der Waals surface area contributed by atoms with Crippen molar-refractivity contribution in [2.75, 3.05) is 13.1 Å². The summed E-state index contributed by atoms with van der Waals surface area (Å²) in [6.07, 6.45) is 0.804. The molecule has 2 aromatic rings. The molecule has 124 valence electrons. The number of alkyl halides is 3. The standard InChI is InChI=1S/C16H18F3N3O/c17-16(18,19)13-3-1-2-12(8-13)15-9-14(23)10-22(15)7-6-21-5-4-20-11-21/h1-5,8,11,14-15,23H,6-7,9-10H2/t14-,15+/m0/s1. The average molecular weight is 325 g/mol. The van der Waals surface area contributed by atoms with E-state index in [0.717, 1.165) is 6.07 Å². The molecule has 0 radical (unpaired) electrons. The van der Waals surface area contributed by atoms with Crippen LogP contribution in [-0.4, -0.2) is 38.8 Å². The van der Waals surface area contributed by atoms with Gasteiger partial charge in [-0.3, -0.25) is 4.90 Å². The van der Waals surface area contributed by atoms with Gasteiger partial charge < -0.3 is 9.67 Å². The molecular weight excluding hydrogens is 307 g/mol. The van der Waals surface area contributed by atoms with E-state index in [1.165, 1.54) is 12.1 Å². The Labute approximate surface area is 132 Å². The molecule has 1 aromatic carbocycles. The van der Waals surface area contributed by atoms with E-state index < -0.39 is 17.8 Å². The Morgan fingerprint density at radius 1 is 1.26 bits per heavy atom. The minimum Gasteiger partial charge on any atom is -0.392 e. The van der Waals surface area contributed by atoms with Gasteiger partial charge in [0.25, 0.3) is 0 Å². The molecule has 0 unspecified atom stereocenters. The van der Waals surface area contributed by atoms with Crippen LogP contribution in [0.25, 0.3) is 0 Å². The molecule has 0 aliphatic carbocycles. The number of hydrogen-bond acceptors (Lipinski definition) is 3. The van der Waals surface area contributed by atoms with Crippen molar-refractivity contribution in [1.29, 1.82) is 0 Å². The van der Waals surface area contributed by atoms with Crippen molar-refractivity contribution in [2.45, 2.75) is 31.3 Å². The highest BCUT2D eigenvalue weighted by molar-refractivity contribution is 5.29. The number of aliphatic hydroxyl groups excluding tert-OH is 1. The third-order valence-corrected chi connectivity index (χ3v) is 4.18. The van der Waals surface area contributed by atoms with Crippen molar-refractivity contribution < 1.29 is 18.3 Å². The van der Waals surface area contributed by atoms with E-state index in [-0.39, 0.29) is 6.04 Å². The monoisotopic (exact) mass is 325 g/mol. The second-order valence-corrected chi connectivity index (χ2v) is 5.82. The van der Waals surface area contributed by atoms with Crippen LogP contribution in [0.5, 0.6) is 0 Å². The zero-order chi connectivity index (χ0) is 16.4. The average Bonchev–Trinajstić information content (AvgIpc) is 3.13. The number of hydrogen-bond donors (Lipinski definition) is 1. The van der Waals surface area contributed by atoms with Crippen molar-refractivity contribution in [3.63, 3.8) is 0 Å². The predicted molar refractivity (Wildman–Crippen MR) is 78.6 cm³/mol. The Balaban J connectivity index is 1.76. The second kappa shape index (κ2) is 6.33. The first kappa shape index (κ1) is 16.0. The van der Waals surface area contributed by atoms with Gasteiger partial charge in [0.2, 0.25) is 0 Å². The SMILES string of the molecule is O[C@H]1C[C@H](c2cccc(C(F)(F)F)c2)N(CCn2ccnc2)C1. The van der Waals surface area contributed by atoms with E-state index in [2.05, 4.69) is 4.98 Å². The van der Waals surface area contributed by atoms with Crippen molar-refractivity contribution in [3.05, 3.63) is 54.1 Å². The fourth-order valence-corrected chi connectivity index (χ4v) is 3.06. The van der Waals surface area contributed by atoms with E-state index in [1.54, 1.807) is 18.6 Å². The summed E-state index contributed by atoms with van der Waals surface area (Å²) >= 11 is 0. The maximum atomic E-state index is 12.9. The number of nitrogens with zero attached hydrogens (tertiary/aromatic N) is 3. The van der Waals surface area contributed by atoms with Gasteiger partial charge in [-0.2, -0.15) is 13.2 Å². The van der Waals surface area contributed by atoms with Crippen molar-refractivity contribution >= 4 is 0 Å². The summed E-state index contributed by atoms with van der Waals surface area (Å²) in [5, 5.41) is 9.93. The minimum atomic E-state index is -4.35. The fourth-order valence-electron chi connectivity index (χ4n) is 3.06. The quantitative estimate of drug-likeness (QED) is 0.940. The van der Waals surface area contributed by atoms with Crippen LogP contribution in [-0.2, 0) is 12.7 Å². The molecule has 0 spiro atoms. The highest BCUT2D eigenvalue weighted by Gasteiger charge is 2.34. The van der Waals surface area contributed by atoms with Gasteiger partial charge in [0, 0.05) is 38.1 Å². The van der Waals surface area contributed by atoms with Crippen molar-refractivity contribution in [2.24, 2.45) is 0 Å². The normalized spacial score (nSPS) is 22.6.